The highest BCUT2D eigenvalue weighted by molar-refractivity contribution is 5.91. The number of piperidine rings is 1. The molecule has 38 heavy (non-hydrogen) atoms. The molecule has 1 aromatic heterocycles. The van der Waals surface area contributed by atoms with Crippen LogP contribution in [0.3, 0.4) is 0 Å². The summed E-state index contributed by atoms with van der Waals surface area (Å²) < 4.78 is 12.8. The maximum Gasteiger partial charge on any atom is 0.319 e. The molecule has 1 saturated heterocycles. The van der Waals surface area contributed by atoms with E-state index in [0.717, 1.165) is 42.7 Å². The molecule has 0 bridgehead atoms. The molecular weight excluding hydrogens is 484 g/mol. The van der Waals surface area contributed by atoms with Crippen LogP contribution >= 0.6 is 0 Å². The van der Waals surface area contributed by atoms with Crippen LogP contribution in [-0.2, 0) is 16.1 Å². The first-order valence-electron chi connectivity index (χ1n) is 13.2. The molecule has 0 radical (unpaired) electrons. The van der Waals surface area contributed by atoms with Crippen LogP contribution in [0.1, 0.15) is 37.4 Å². The molecule has 2 atom stereocenters. The van der Waals surface area contributed by atoms with Gasteiger partial charge in [0, 0.05) is 58.3 Å². The number of fused-ring (bicyclic) bond motifs is 1. The average molecular weight is 523 g/mol. The summed E-state index contributed by atoms with van der Waals surface area (Å²) in [7, 11) is 3.26. The van der Waals surface area contributed by atoms with E-state index in [1.807, 2.05) is 35.2 Å². The number of benzene rings is 2. The molecule has 4 N–H and O–H groups in total. The summed E-state index contributed by atoms with van der Waals surface area (Å²) in [5.41, 5.74) is 8.87. The van der Waals surface area contributed by atoms with Gasteiger partial charge in [-0.1, -0.05) is 24.3 Å². The first-order chi connectivity index (χ1) is 18.5. The van der Waals surface area contributed by atoms with Gasteiger partial charge in [0.2, 0.25) is 5.91 Å². The lowest BCUT2D eigenvalue weighted by Crippen LogP contribution is -2.45. The molecule has 3 aromatic rings. The predicted octanol–water partition coefficient (Wildman–Crippen LogP) is 3.33. The molecule has 2 heterocycles. The molecule has 1 aliphatic rings. The Balaban J connectivity index is 1.33. The Bertz CT molecular complexity index is 1230. The predicted molar refractivity (Wildman–Crippen MR) is 147 cm³/mol. The van der Waals surface area contributed by atoms with Gasteiger partial charge in [0.1, 0.15) is 11.6 Å². The lowest BCUT2D eigenvalue weighted by atomic mass is 9.96. The standard InChI is InChI=1S/C28H38N6O4/c1-37-16-8-15-34-24-12-5-3-10-22(24)31-27(34)20-9-7-14-33(19-20)26(35)17-21(29)18-30-28(36)32-23-11-4-6-13-25(23)38-2/h3-6,10-13,20-21H,7-9,14-19,29H2,1-2H3,(H2,30,32,36)/t20-,21-/m1/s1. The van der Waals surface area contributed by atoms with Crippen molar-refractivity contribution in [3.05, 3.63) is 54.4 Å². The molecule has 10 heteroatoms. The van der Waals surface area contributed by atoms with Gasteiger partial charge >= 0.3 is 6.03 Å². The van der Waals surface area contributed by atoms with Crippen molar-refractivity contribution < 1.29 is 19.1 Å². The van der Waals surface area contributed by atoms with Crippen molar-refractivity contribution in [2.45, 2.75) is 44.2 Å². The van der Waals surface area contributed by atoms with E-state index in [2.05, 4.69) is 21.3 Å². The zero-order valence-corrected chi connectivity index (χ0v) is 22.2. The van der Waals surface area contributed by atoms with E-state index in [-0.39, 0.29) is 24.8 Å². The summed E-state index contributed by atoms with van der Waals surface area (Å²) in [5, 5.41) is 5.50. The number of anilines is 1. The number of urea groups is 1. The summed E-state index contributed by atoms with van der Waals surface area (Å²) in [6.07, 6.45) is 2.94. The number of carbonyl (C=O) groups excluding carboxylic acids is 2. The lowest BCUT2D eigenvalue weighted by Gasteiger charge is -2.33. The minimum absolute atomic E-state index is 0.00354. The Morgan fingerprint density at radius 1 is 1.16 bits per heavy atom. The number of aromatic nitrogens is 2. The van der Waals surface area contributed by atoms with Gasteiger partial charge in [-0.3, -0.25) is 4.79 Å². The summed E-state index contributed by atoms with van der Waals surface area (Å²) in [5.74, 6) is 1.74. The highest BCUT2D eigenvalue weighted by atomic mass is 16.5. The molecule has 0 saturated carbocycles. The number of nitrogens with zero attached hydrogens (tertiary/aromatic N) is 3. The third kappa shape index (κ3) is 6.81. The number of imidazole rings is 1. The topological polar surface area (TPSA) is 124 Å². The number of amides is 3. The highest BCUT2D eigenvalue weighted by Gasteiger charge is 2.29. The minimum atomic E-state index is -0.495. The van der Waals surface area contributed by atoms with Gasteiger partial charge in [0.25, 0.3) is 0 Å². The van der Waals surface area contributed by atoms with Crippen molar-refractivity contribution >= 4 is 28.7 Å². The summed E-state index contributed by atoms with van der Waals surface area (Å²) in [4.78, 5) is 32.3. The largest absolute Gasteiger partial charge is 0.495 e. The zero-order chi connectivity index (χ0) is 26.9. The van der Waals surface area contributed by atoms with Crippen LogP contribution in [0.4, 0.5) is 10.5 Å². The van der Waals surface area contributed by atoms with Gasteiger partial charge in [0.05, 0.1) is 23.8 Å². The number of methoxy groups -OCH3 is 2. The van der Waals surface area contributed by atoms with E-state index in [1.54, 1.807) is 26.4 Å². The van der Waals surface area contributed by atoms with Gasteiger partial charge in [-0.05, 0) is 43.5 Å². The highest BCUT2D eigenvalue weighted by Crippen LogP contribution is 2.30. The van der Waals surface area contributed by atoms with E-state index in [0.29, 0.717) is 31.1 Å². The van der Waals surface area contributed by atoms with Crippen LogP contribution in [0, 0.1) is 0 Å². The SMILES string of the molecule is COCCCn1c([C@@H]2CCCN(C(=O)C[C@@H](N)CNC(=O)Nc3ccccc3OC)C2)nc2ccccc21. The Labute approximate surface area is 223 Å². The molecular formula is C28H38N6O4. The number of ether oxygens (including phenoxy) is 2. The molecule has 3 amide bonds. The molecule has 204 valence electrons. The van der Waals surface area contributed by atoms with Crippen molar-refractivity contribution in [2.24, 2.45) is 5.73 Å². The van der Waals surface area contributed by atoms with Gasteiger partial charge in [-0.2, -0.15) is 0 Å². The monoisotopic (exact) mass is 522 g/mol. The fraction of sp³-hybridized carbons (Fsp3) is 0.464. The third-order valence-corrected chi connectivity index (χ3v) is 6.87. The van der Waals surface area contributed by atoms with Crippen LogP contribution < -0.4 is 21.1 Å². The number of aryl methyl sites for hydroxylation is 1. The van der Waals surface area contributed by atoms with Crippen LogP contribution in [0.25, 0.3) is 11.0 Å². The van der Waals surface area contributed by atoms with Gasteiger partial charge < -0.3 is 35.3 Å². The fourth-order valence-corrected chi connectivity index (χ4v) is 4.99. The number of likely N-dealkylation sites (tertiary alicyclic amines) is 1. The van der Waals surface area contributed by atoms with Gasteiger partial charge in [-0.25, -0.2) is 9.78 Å². The first-order valence-corrected chi connectivity index (χ1v) is 13.2. The Morgan fingerprint density at radius 3 is 2.76 bits per heavy atom. The minimum Gasteiger partial charge on any atom is -0.495 e. The molecule has 2 aromatic carbocycles. The summed E-state index contributed by atoms with van der Waals surface area (Å²) in [6.45, 7) is 3.00. The molecule has 4 rings (SSSR count). The normalized spacial score (nSPS) is 16.3. The van der Waals surface area contributed by atoms with Gasteiger partial charge in [-0.15, -0.1) is 0 Å². The van der Waals surface area contributed by atoms with E-state index in [9.17, 15) is 9.59 Å². The van der Waals surface area contributed by atoms with E-state index >= 15 is 0 Å². The molecule has 1 fully saturated rings. The smallest absolute Gasteiger partial charge is 0.319 e. The number of para-hydroxylation sites is 4. The second-order valence-electron chi connectivity index (χ2n) is 9.64. The third-order valence-electron chi connectivity index (χ3n) is 6.87. The second-order valence-corrected chi connectivity index (χ2v) is 9.64. The summed E-state index contributed by atoms with van der Waals surface area (Å²) >= 11 is 0. The molecule has 10 nitrogen and oxygen atoms in total. The fourth-order valence-electron chi connectivity index (χ4n) is 4.99. The quantitative estimate of drug-likeness (QED) is 0.332. The maximum atomic E-state index is 13.1. The molecule has 0 spiro atoms. The number of hydrogen-bond donors (Lipinski definition) is 3. The molecule has 1 aliphatic heterocycles. The number of nitrogens with two attached hydrogens (primary N) is 1. The maximum absolute atomic E-state index is 13.1. The van der Waals surface area contributed by atoms with Crippen LogP contribution in [-0.4, -0.2) is 72.9 Å². The number of carbonyl (C=O) groups is 2. The molecule has 0 aliphatic carbocycles. The lowest BCUT2D eigenvalue weighted by molar-refractivity contribution is -0.132. The Morgan fingerprint density at radius 2 is 1.95 bits per heavy atom. The van der Waals surface area contributed by atoms with Crippen molar-refractivity contribution in [2.75, 3.05) is 45.8 Å². The summed E-state index contributed by atoms with van der Waals surface area (Å²) in [6, 6.07) is 14.4. The Kier molecular flexibility index (Phi) is 9.56. The zero-order valence-electron chi connectivity index (χ0n) is 22.2. The van der Waals surface area contributed by atoms with Crippen molar-refractivity contribution in [3.63, 3.8) is 0 Å². The first kappa shape index (κ1) is 27.4. The Hall–Kier alpha value is -3.63. The second kappa shape index (κ2) is 13.3. The number of nitrogens with one attached hydrogen (secondary N) is 2. The van der Waals surface area contributed by atoms with Crippen LogP contribution in [0.15, 0.2) is 48.5 Å². The number of rotatable bonds is 11. The van der Waals surface area contributed by atoms with Crippen LogP contribution in [0.2, 0.25) is 0 Å². The van der Waals surface area contributed by atoms with Crippen molar-refractivity contribution in [1.82, 2.24) is 19.8 Å². The van der Waals surface area contributed by atoms with E-state index in [1.165, 1.54) is 0 Å². The van der Waals surface area contributed by atoms with Crippen molar-refractivity contribution in [1.29, 1.82) is 0 Å². The number of hydrogen-bond acceptors (Lipinski definition) is 6. The van der Waals surface area contributed by atoms with E-state index < -0.39 is 12.1 Å². The molecule has 0 unspecified atom stereocenters. The van der Waals surface area contributed by atoms with Gasteiger partial charge in [0.15, 0.2) is 0 Å². The average Bonchev–Trinajstić information content (AvgIpc) is 3.31. The van der Waals surface area contributed by atoms with Crippen molar-refractivity contribution in [3.8, 4) is 5.75 Å². The van der Waals surface area contributed by atoms with Crippen LogP contribution in [0.5, 0.6) is 5.75 Å². The van der Waals surface area contributed by atoms with E-state index in [4.69, 9.17) is 20.2 Å².